The first-order valence-electron chi connectivity index (χ1n) is 22.1. The number of hydrogen-bond acceptors (Lipinski definition) is 27. The van der Waals surface area contributed by atoms with Crippen molar-refractivity contribution >= 4 is 59.7 Å². The van der Waals surface area contributed by atoms with E-state index in [0.29, 0.717) is 0 Å². The SMILES string of the molecule is CC(=O)OCC1O[C@@H](OC2C(COC(C)=O)OC=C[C@H]2O[C@@H]2OC(C)C(OC(C)=O)[C@@H](OC(C)=O)C2OC(C)=O)C(OC2OC(C)[C@@H](OC(C)=O)C(OC(C)=O)[C@@H]2OC(C)=O)[C@@H](OC(C)=O)C1OC(C)=O. The molecule has 0 aromatic rings. The lowest BCUT2D eigenvalue weighted by atomic mass is 9.96. The molecule has 18 atom stereocenters. The van der Waals surface area contributed by atoms with Gasteiger partial charge in [-0.15, -0.1) is 0 Å². The van der Waals surface area contributed by atoms with Crippen LogP contribution in [0.2, 0.25) is 0 Å². The van der Waals surface area contributed by atoms with Gasteiger partial charge < -0.3 is 80.5 Å². The summed E-state index contributed by atoms with van der Waals surface area (Å²) >= 11 is 0. The zero-order valence-electron chi connectivity index (χ0n) is 41.0. The predicted octanol–water partition coefficient (Wildman–Crippen LogP) is -0.151. The molecule has 4 aliphatic heterocycles. The Balaban J connectivity index is 1.92. The third-order valence-corrected chi connectivity index (χ3v) is 10.4. The van der Waals surface area contributed by atoms with Gasteiger partial charge in [-0.1, -0.05) is 0 Å². The fraction of sp³-hybridized carbons (Fsp3) is 0.727. The molecular formula is C44H60O27. The molecule has 0 aliphatic carbocycles. The zero-order valence-corrected chi connectivity index (χ0v) is 41.0. The molecule has 3 saturated heterocycles. The van der Waals surface area contributed by atoms with Crippen LogP contribution in [0.1, 0.15) is 83.1 Å². The molecule has 27 nitrogen and oxygen atoms in total. The van der Waals surface area contributed by atoms with Crippen molar-refractivity contribution in [3.8, 4) is 0 Å². The molecular weight excluding hydrogens is 960 g/mol. The van der Waals surface area contributed by atoms with Crippen molar-refractivity contribution in [1.29, 1.82) is 0 Å². The van der Waals surface area contributed by atoms with Crippen molar-refractivity contribution < 1.29 is 128 Å². The van der Waals surface area contributed by atoms with Gasteiger partial charge in [0.2, 0.25) is 0 Å². The van der Waals surface area contributed by atoms with Crippen molar-refractivity contribution in [2.24, 2.45) is 0 Å². The molecule has 0 spiro atoms. The maximum absolute atomic E-state index is 13.0. The molecule has 0 radical (unpaired) electrons. The number of hydrogen-bond donors (Lipinski definition) is 0. The van der Waals surface area contributed by atoms with E-state index in [0.717, 1.165) is 75.5 Å². The normalized spacial score (nSPS) is 34.4. The first-order valence-corrected chi connectivity index (χ1v) is 22.1. The minimum atomic E-state index is -1.97. The molecule has 0 aromatic carbocycles. The fourth-order valence-electron chi connectivity index (χ4n) is 7.99. The highest BCUT2D eigenvalue weighted by Gasteiger charge is 2.59. The van der Waals surface area contributed by atoms with Crippen molar-refractivity contribution in [2.75, 3.05) is 13.2 Å². The maximum atomic E-state index is 13.0. The lowest BCUT2D eigenvalue weighted by molar-refractivity contribution is -0.379. The second-order valence-electron chi connectivity index (χ2n) is 16.5. The molecule has 0 saturated carbocycles. The molecule has 4 heterocycles. The third kappa shape index (κ3) is 16.5. The summed E-state index contributed by atoms with van der Waals surface area (Å²) in [6.07, 6.45) is -26.1. The summed E-state index contributed by atoms with van der Waals surface area (Å²) in [5, 5.41) is 0. The van der Waals surface area contributed by atoms with Gasteiger partial charge >= 0.3 is 59.7 Å². The van der Waals surface area contributed by atoms with Crippen LogP contribution in [0, 0.1) is 0 Å². The van der Waals surface area contributed by atoms with Gasteiger partial charge in [0, 0.05) is 69.2 Å². The Bertz CT molecular complexity index is 1990. The Morgan fingerprint density at radius 3 is 1.08 bits per heavy atom. The summed E-state index contributed by atoms with van der Waals surface area (Å²) in [7, 11) is 0. The summed E-state index contributed by atoms with van der Waals surface area (Å²) in [6, 6.07) is 0. The first-order chi connectivity index (χ1) is 33.2. The molecule has 0 aromatic heterocycles. The van der Waals surface area contributed by atoms with Crippen molar-refractivity contribution in [3.05, 3.63) is 12.3 Å². The van der Waals surface area contributed by atoms with Crippen LogP contribution in [-0.2, 0) is 128 Å². The highest BCUT2D eigenvalue weighted by molar-refractivity contribution is 5.70. The molecule has 398 valence electrons. The molecule has 0 bridgehead atoms. The number of ether oxygens (including phenoxy) is 17. The summed E-state index contributed by atoms with van der Waals surface area (Å²) < 4.78 is 99.1. The first kappa shape index (κ1) is 57.6. The Morgan fingerprint density at radius 1 is 0.352 bits per heavy atom. The number of rotatable bonds is 18. The Kier molecular flexibility index (Phi) is 21.0. The van der Waals surface area contributed by atoms with E-state index in [1.54, 1.807) is 0 Å². The van der Waals surface area contributed by atoms with E-state index in [1.165, 1.54) is 19.9 Å². The van der Waals surface area contributed by atoms with Crippen LogP contribution < -0.4 is 0 Å². The minimum absolute atomic E-state index is 0.567. The number of carbonyl (C=O) groups excluding carboxylic acids is 10. The van der Waals surface area contributed by atoms with E-state index in [1.807, 2.05) is 0 Å². The van der Waals surface area contributed by atoms with E-state index in [-0.39, 0.29) is 0 Å². The Labute approximate surface area is 406 Å². The second-order valence-corrected chi connectivity index (χ2v) is 16.5. The minimum Gasteiger partial charge on any atom is -0.492 e. The molecule has 0 amide bonds. The monoisotopic (exact) mass is 1020 g/mol. The maximum Gasteiger partial charge on any atom is 0.303 e. The quantitative estimate of drug-likeness (QED) is 0.127. The van der Waals surface area contributed by atoms with Crippen LogP contribution in [0.5, 0.6) is 0 Å². The molecule has 4 aliphatic rings. The van der Waals surface area contributed by atoms with E-state index in [2.05, 4.69) is 0 Å². The summed E-state index contributed by atoms with van der Waals surface area (Å²) in [5.74, 6) is -8.83. The van der Waals surface area contributed by atoms with Gasteiger partial charge in [-0.25, -0.2) is 0 Å². The van der Waals surface area contributed by atoms with Crippen molar-refractivity contribution in [3.63, 3.8) is 0 Å². The number of carbonyl (C=O) groups is 10. The van der Waals surface area contributed by atoms with Gasteiger partial charge in [-0.2, -0.15) is 0 Å². The Hall–Kier alpha value is -6.00. The topological polar surface area (TPSA) is 328 Å². The van der Waals surface area contributed by atoms with Gasteiger partial charge in [0.05, 0.1) is 18.5 Å². The summed E-state index contributed by atoms with van der Waals surface area (Å²) in [5.41, 5.74) is 0. The zero-order chi connectivity index (χ0) is 53.0. The summed E-state index contributed by atoms with van der Waals surface area (Å²) in [6.45, 7) is 12.1. The highest BCUT2D eigenvalue weighted by Crippen LogP contribution is 2.38. The highest BCUT2D eigenvalue weighted by atomic mass is 16.8. The lowest BCUT2D eigenvalue weighted by Gasteiger charge is -2.49. The van der Waals surface area contributed by atoms with Crippen LogP contribution in [0.25, 0.3) is 0 Å². The van der Waals surface area contributed by atoms with E-state index < -0.39 is 183 Å². The van der Waals surface area contributed by atoms with E-state index >= 15 is 0 Å². The third-order valence-electron chi connectivity index (χ3n) is 10.4. The molecule has 0 N–H and O–H groups in total. The van der Waals surface area contributed by atoms with Crippen LogP contribution >= 0.6 is 0 Å². The van der Waals surface area contributed by atoms with E-state index in [4.69, 9.17) is 80.5 Å². The van der Waals surface area contributed by atoms with Gasteiger partial charge in [-0.05, 0) is 19.9 Å². The molecule has 27 heteroatoms. The average molecular weight is 1020 g/mol. The lowest BCUT2D eigenvalue weighted by Crippen LogP contribution is -2.67. The summed E-state index contributed by atoms with van der Waals surface area (Å²) in [4.78, 5) is 125. The van der Waals surface area contributed by atoms with Crippen molar-refractivity contribution in [1.82, 2.24) is 0 Å². The van der Waals surface area contributed by atoms with Gasteiger partial charge in [0.1, 0.15) is 31.5 Å². The standard InChI is InChI=1S/C44H60O27/c1-17-32(60-21(5)47)36(63-24(8)50)39(66-27(11)53)42(58-17)68-29-13-14-55-30(15-56-19(3)45)34(29)70-44-41(38(65-26(10)52)35(62-23(7)49)31(69-44)16-57-20(4)46)71-43-40(67-28(12)54)37(64-25(9)51)33(18(2)59-43)61-22(6)48/h13-14,17-18,29-44H,15-16H2,1-12H3/t17?,18?,29-,30?,31?,32?,33-,34?,35?,36-,37?,38+,39?,40+,41?,42+,43?,44+/m1/s1. The smallest absolute Gasteiger partial charge is 0.303 e. The molecule has 71 heavy (non-hydrogen) atoms. The largest absolute Gasteiger partial charge is 0.492 e. The second kappa shape index (κ2) is 25.9. The average Bonchev–Trinajstić information content (AvgIpc) is 3.23. The van der Waals surface area contributed by atoms with E-state index in [9.17, 15) is 47.9 Å². The van der Waals surface area contributed by atoms with Crippen LogP contribution in [0.3, 0.4) is 0 Å². The molecule has 4 rings (SSSR count). The van der Waals surface area contributed by atoms with Gasteiger partial charge in [0.25, 0.3) is 0 Å². The van der Waals surface area contributed by atoms with Crippen molar-refractivity contribution in [2.45, 2.75) is 194 Å². The van der Waals surface area contributed by atoms with Gasteiger partial charge in [0.15, 0.2) is 79.9 Å². The Morgan fingerprint density at radius 2 is 0.676 bits per heavy atom. The predicted molar refractivity (Wildman–Crippen MR) is 224 cm³/mol. The fourth-order valence-corrected chi connectivity index (χ4v) is 7.99. The van der Waals surface area contributed by atoms with Crippen LogP contribution in [0.4, 0.5) is 0 Å². The van der Waals surface area contributed by atoms with Crippen LogP contribution in [-0.4, -0.2) is 183 Å². The number of esters is 10. The molecule has 3 fully saturated rings. The molecule has 11 unspecified atom stereocenters. The van der Waals surface area contributed by atoms with Gasteiger partial charge in [-0.3, -0.25) is 47.9 Å². The van der Waals surface area contributed by atoms with Crippen LogP contribution in [0.15, 0.2) is 12.3 Å².